The lowest BCUT2D eigenvalue weighted by Crippen LogP contribution is -2.36. The number of carbonyl (C=O) groups excluding carboxylic acids is 2. The first kappa shape index (κ1) is 15.2. The van der Waals surface area contributed by atoms with E-state index in [-0.39, 0.29) is 12.5 Å². The Morgan fingerprint density at radius 3 is 2.71 bits per heavy atom. The number of methoxy groups -OCH3 is 1. The molecule has 0 saturated carbocycles. The molecule has 0 bridgehead atoms. The number of amides is 2. The van der Waals surface area contributed by atoms with Crippen molar-refractivity contribution in [1.82, 2.24) is 5.32 Å². The maximum atomic E-state index is 12.0. The van der Waals surface area contributed by atoms with Gasteiger partial charge in [0.15, 0.2) is 0 Å². The highest BCUT2D eigenvalue weighted by atomic mass is 16.6. The molecule has 1 heterocycles. The minimum absolute atomic E-state index is 0.144. The quantitative estimate of drug-likeness (QED) is 0.896. The molecule has 0 saturated heterocycles. The number of benzene rings is 1. The predicted molar refractivity (Wildman–Crippen MR) is 78.6 cm³/mol. The number of rotatable bonds is 3. The van der Waals surface area contributed by atoms with Crippen molar-refractivity contribution in [3.05, 3.63) is 23.8 Å². The van der Waals surface area contributed by atoms with Gasteiger partial charge in [0.1, 0.15) is 11.4 Å². The molecule has 1 aliphatic rings. The van der Waals surface area contributed by atoms with Crippen LogP contribution < -0.4 is 15.4 Å². The Morgan fingerprint density at radius 1 is 1.38 bits per heavy atom. The van der Waals surface area contributed by atoms with E-state index < -0.39 is 17.6 Å². The molecule has 0 aromatic heterocycles. The first-order chi connectivity index (χ1) is 9.80. The summed E-state index contributed by atoms with van der Waals surface area (Å²) < 4.78 is 10.3. The summed E-state index contributed by atoms with van der Waals surface area (Å²) in [5.74, 6) is 0.113. The number of nitrogens with one attached hydrogen (secondary N) is 2. The van der Waals surface area contributed by atoms with Crippen LogP contribution in [0.1, 0.15) is 32.3 Å². The van der Waals surface area contributed by atoms with Gasteiger partial charge in [-0.3, -0.25) is 4.79 Å². The van der Waals surface area contributed by atoms with Crippen LogP contribution in [0.25, 0.3) is 0 Å². The van der Waals surface area contributed by atoms with Crippen molar-refractivity contribution in [3.63, 3.8) is 0 Å². The Bertz CT molecular complexity index is 563. The average molecular weight is 292 g/mol. The zero-order valence-corrected chi connectivity index (χ0v) is 12.6. The molecule has 0 unspecified atom stereocenters. The fourth-order valence-corrected chi connectivity index (χ4v) is 2.14. The van der Waals surface area contributed by atoms with Gasteiger partial charge in [0, 0.05) is 18.3 Å². The minimum atomic E-state index is -0.562. The van der Waals surface area contributed by atoms with E-state index in [1.165, 1.54) is 0 Å². The van der Waals surface area contributed by atoms with Gasteiger partial charge in [-0.05, 0) is 32.4 Å². The number of hydrogen-bond acceptors (Lipinski definition) is 4. The summed E-state index contributed by atoms with van der Waals surface area (Å²) in [7, 11) is 1.57. The molecule has 6 nitrogen and oxygen atoms in total. The van der Waals surface area contributed by atoms with Crippen molar-refractivity contribution in [2.45, 2.75) is 32.3 Å². The molecule has 6 heteroatoms. The number of alkyl carbamates (subject to hydrolysis) is 1. The van der Waals surface area contributed by atoms with Crippen LogP contribution in [0.3, 0.4) is 0 Å². The van der Waals surface area contributed by atoms with Crippen molar-refractivity contribution in [1.29, 1.82) is 0 Å². The smallest absolute Gasteiger partial charge is 0.407 e. The molecule has 2 amide bonds. The minimum Gasteiger partial charge on any atom is -0.497 e. The zero-order chi connectivity index (χ0) is 15.6. The molecule has 0 fully saturated rings. The van der Waals surface area contributed by atoms with Gasteiger partial charge >= 0.3 is 6.09 Å². The molecule has 0 spiro atoms. The Labute approximate surface area is 123 Å². The van der Waals surface area contributed by atoms with Crippen LogP contribution in [0, 0.1) is 0 Å². The zero-order valence-electron chi connectivity index (χ0n) is 12.6. The lowest BCUT2D eigenvalue weighted by Gasteiger charge is -2.20. The van der Waals surface area contributed by atoms with Gasteiger partial charge in [0.05, 0.1) is 13.0 Å². The predicted octanol–water partition coefficient (Wildman–Crippen LogP) is 2.26. The Morgan fingerprint density at radius 2 is 2.10 bits per heavy atom. The van der Waals surface area contributed by atoms with Crippen LogP contribution in [0.2, 0.25) is 0 Å². The SMILES string of the molecule is COc1ccc2c(c1)NC(=O)[C@@H]2CNC(=O)OC(C)(C)C. The van der Waals surface area contributed by atoms with E-state index in [0.29, 0.717) is 5.75 Å². The number of anilines is 1. The topological polar surface area (TPSA) is 76.7 Å². The third-order valence-corrected chi connectivity index (χ3v) is 3.06. The monoisotopic (exact) mass is 292 g/mol. The van der Waals surface area contributed by atoms with Gasteiger partial charge in [-0.15, -0.1) is 0 Å². The first-order valence-electron chi connectivity index (χ1n) is 6.76. The normalized spacial score (nSPS) is 17.0. The summed E-state index contributed by atoms with van der Waals surface area (Å²) in [6, 6.07) is 5.38. The lowest BCUT2D eigenvalue weighted by atomic mass is 10.0. The van der Waals surface area contributed by atoms with E-state index >= 15 is 0 Å². The first-order valence-corrected chi connectivity index (χ1v) is 6.76. The molecule has 0 aliphatic carbocycles. The Balaban J connectivity index is 2.03. The van der Waals surface area contributed by atoms with Crippen LogP contribution in [-0.2, 0) is 9.53 Å². The van der Waals surface area contributed by atoms with Gasteiger partial charge in [-0.25, -0.2) is 4.79 Å². The van der Waals surface area contributed by atoms with Crippen LogP contribution in [0.5, 0.6) is 5.75 Å². The van der Waals surface area contributed by atoms with Crippen LogP contribution in [0.15, 0.2) is 18.2 Å². The third kappa shape index (κ3) is 3.65. The van der Waals surface area contributed by atoms with Gasteiger partial charge in [0.25, 0.3) is 0 Å². The van der Waals surface area contributed by atoms with E-state index in [4.69, 9.17) is 9.47 Å². The number of fused-ring (bicyclic) bond motifs is 1. The Hall–Kier alpha value is -2.24. The molecule has 1 aromatic carbocycles. The van der Waals surface area contributed by atoms with E-state index in [0.717, 1.165) is 11.3 Å². The summed E-state index contributed by atoms with van der Waals surface area (Å²) in [6.07, 6.45) is -0.530. The van der Waals surface area contributed by atoms with Crippen molar-refractivity contribution in [2.75, 3.05) is 19.0 Å². The Kier molecular flexibility index (Phi) is 4.06. The molecule has 0 radical (unpaired) electrons. The molecule has 2 rings (SSSR count). The van der Waals surface area contributed by atoms with Crippen molar-refractivity contribution < 1.29 is 19.1 Å². The summed E-state index contributed by atoms with van der Waals surface area (Å²) in [5.41, 5.74) is 1.00. The highest BCUT2D eigenvalue weighted by Crippen LogP contribution is 2.34. The fraction of sp³-hybridized carbons (Fsp3) is 0.467. The third-order valence-electron chi connectivity index (χ3n) is 3.06. The van der Waals surface area contributed by atoms with Crippen LogP contribution in [-0.4, -0.2) is 31.3 Å². The fourth-order valence-electron chi connectivity index (χ4n) is 2.14. The van der Waals surface area contributed by atoms with Crippen LogP contribution >= 0.6 is 0 Å². The summed E-state index contributed by atoms with van der Waals surface area (Å²) >= 11 is 0. The summed E-state index contributed by atoms with van der Waals surface area (Å²) in [4.78, 5) is 23.6. The number of carbonyl (C=O) groups is 2. The summed E-state index contributed by atoms with van der Waals surface area (Å²) in [6.45, 7) is 5.56. The lowest BCUT2D eigenvalue weighted by molar-refractivity contribution is -0.116. The van der Waals surface area contributed by atoms with E-state index in [1.54, 1.807) is 40.0 Å². The number of hydrogen-bond donors (Lipinski definition) is 2. The molecule has 2 N–H and O–H groups in total. The molecule has 114 valence electrons. The number of ether oxygens (including phenoxy) is 2. The van der Waals surface area contributed by atoms with E-state index in [1.807, 2.05) is 6.07 Å². The van der Waals surface area contributed by atoms with Gasteiger partial charge in [-0.2, -0.15) is 0 Å². The van der Waals surface area contributed by atoms with Gasteiger partial charge in [0.2, 0.25) is 5.91 Å². The molecule has 1 aliphatic heterocycles. The second-order valence-corrected chi connectivity index (χ2v) is 5.88. The van der Waals surface area contributed by atoms with Crippen LogP contribution in [0.4, 0.5) is 10.5 Å². The molecular weight excluding hydrogens is 272 g/mol. The highest BCUT2D eigenvalue weighted by Gasteiger charge is 2.31. The van der Waals surface area contributed by atoms with Gasteiger partial charge < -0.3 is 20.1 Å². The van der Waals surface area contributed by atoms with Crippen molar-refractivity contribution in [2.24, 2.45) is 0 Å². The molecule has 1 atom stereocenters. The molecular formula is C15H20N2O4. The van der Waals surface area contributed by atoms with E-state index in [9.17, 15) is 9.59 Å². The standard InChI is InChI=1S/C15H20N2O4/c1-15(2,3)21-14(19)16-8-11-10-6-5-9(20-4)7-12(10)17-13(11)18/h5-7,11H,8H2,1-4H3,(H,16,19)(H,17,18)/t11-/m1/s1. The summed E-state index contributed by atoms with van der Waals surface area (Å²) in [5, 5.41) is 5.41. The van der Waals surface area contributed by atoms with Crippen molar-refractivity contribution in [3.8, 4) is 5.75 Å². The van der Waals surface area contributed by atoms with E-state index in [2.05, 4.69) is 10.6 Å². The second kappa shape index (κ2) is 5.63. The molecule has 21 heavy (non-hydrogen) atoms. The van der Waals surface area contributed by atoms with Gasteiger partial charge in [-0.1, -0.05) is 6.07 Å². The molecule has 1 aromatic rings. The maximum Gasteiger partial charge on any atom is 0.407 e. The van der Waals surface area contributed by atoms with Crippen molar-refractivity contribution >= 4 is 17.7 Å². The second-order valence-electron chi connectivity index (χ2n) is 5.88. The highest BCUT2D eigenvalue weighted by molar-refractivity contribution is 6.03. The maximum absolute atomic E-state index is 12.0. The largest absolute Gasteiger partial charge is 0.497 e. The average Bonchev–Trinajstić information content (AvgIpc) is 2.68.